The second-order valence-electron chi connectivity index (χ2n) is 5.58. The van der Waals surface area contributed by atoms with Crippen molar-refractivity contribution in [2.24, 2.45) is 0 Å². The zero-order valence-corrected chi connectivity index (χ0v) is 14.1. The monoisotopic (exact) mass is 331 g/mol. The van der Waals surface area contributed by atoms with Gasteiger partial charge < -0.3 is 5.32 Å². The van der Waals surface area contributed by atoms with E-state index in [1.54, 1.807) is 11.4 Å². The van der Waals surface area contributed by atoms with Crippen LogP contribution in [0.25, 0.3) is 0 Å². The van der Waals surface area contributed by atoms with E-state index in [1.807, 2.05) is 61.6 Å². The van der Waals surface area contributed by atoms with Gasteiger partial charge in [0.2, 0.25) is 0 Å². The van der Waals surface area contributed by atoms with Gasteiger partial charge in [-0.05, 0) is 37.7 Å². The molecule has 0 amide bonds. The van der Waals surface area contributed by atoms with E-state index in [0.29, 0.717) is 6.42 Å². The predicted octanol–water partition coefficient (Wildman–Crippen LogP) is 2.54. The Morgan fingerprint density at radius 1 is 1.00 bits per heavy atom. The molecule has 3 rings (SSSR count). The van der Waals surface area contributed by atoms with Gasteiger partial charge in [-0.3, -0.25) is 4.31 Å². The van der Waals surface area contributed by atoms with Crippen molar-refractivity contribution in [3.05, 3.63) is 60.2 Å². The maximum Gasteiger partial charge on any atom is 0.326 e. The standard InChI is InChI=1S/C17H21N3O2S/c1-18-13-12-15(14-8-4-3-5-9-14)20-17-11-7-6-10-16(17)19(2)23(20,21)22/h3-11,15,18H,12-13H2,1-2H3/t15-/m0/s1. The molecule has 0 unspecified atom stereocenters. The Hall–Kier alpha value is -2.05. The van der Waals surface area contributed by atoms with Crippen LogP contribution in [0.4, 0.5) is 11.4 Å². The molecule has 122 valence electrons. The minimum absolute atomic E-state index is 0.236. The second-order valence-corrected chi connectivity index (χ2v) is 7.42. The fourth-order valence-corrected chi connectivity index (χ4v) is 4.62. The van der Waals surface area contributed by atoms with Gasteiger partial charge in [-0.15, -0.1) is 0 Å². The first-order chi connectivity index (χ1) is 11.1. The van der Waals surface area contributed by atoms with Gasteiger partial charge in [0.1, 0.15) is 0 Å². The molecular formula is C17H21N3O2S. The van der Waals surface area contributed by atoms with E-state index in [9.17, 15) is 8.42 Å². The summed E-state index contributed by atoms with van der Waals surface area (Å²) in [6.07, 6.45) is 0.696. The lowest BCUT2D eigenvalue weighted by Crippen LogP contribution is -2.39. The van der Waals surface area contributed by atoms with Gasteiger partial charge in [0, 0.05) is 7.05 Å². The fourth-order valence-electron chi connectivity index (χ4n) is 3.00. The Bertz CT molecular complexity index is 777. The third kappa shape index (κ3) is 2.68. The molecule has 2 aromatic rings. The van der Waals surface area contributed by atoms with Crippen LogP contribution in [0.2, 0.25) is 0 Å². The Balaban J connectivity index is 2.11. The van der Waals surface area contributed by atoms with Crippen LogP contribution in [-0.4, -0.2) is 29.1 Å². The number of nitrogens with zero attached hydrogens (tertiary/aromatic N) is 2. The van der Waals surface area contributed by atoms with E-state index in [4.69, 9.17) is 0 Å². The summed E-state index contributed by atoms with van der Waals surface area (Å²) in [6, 6.07) is 17.0. The van der Waals surface area contributed by atoms with Crippen molar-refractivity contribution in [3.8, 4) is 0 Å². The molecule has 23 heavy (non-hydrogen) atoms. The number of fused-ring (bicyclic) bond motifs is 1. The summed E-state index contributed by atoms with van der Waals surface area (Å²) in [7, 11) is -0.0828. The summed E-state index contributed by atoms with van der Waals surface area (Å²) >= 11 is 0. The Morgan fingerprint density at radius 2 is 1.61 bits per heavy atom. The quantitative estimate of drug-likeness (QED) is 0.916. The van der Waals surface area contributed by atoms with Crippen LogP contribution in [-0.2, 0) is 10.2 Å². The van der Waals surface area contributed by atoms with E-state index in [2.05, 4.69) is 5.32 Å². The van der Waals surface area contributed by atoms with Crippen molar-refractivity contribution in [2.75, 3.05) is 29.3 Å². The van der Waals surface area contributed by atoms with E-state index < -0.39 is 10.2 Å². The summed E-state index contributed by atoms with van der Waals surface area (Å²) in [4.78, 5) is 0. The Morgan fingerprint density at radius 3 is 2.26 bits per heavy atom. The lowest BCUT2D eigenvalue weighted by atomic mass is 10.0. The maximum atomic E-state index is 13.0. The second kappa shape index (κ2) is 6.22. The van der Waals surface area contributed by atoms with Gasteiger partial charge >= 0.3 is 10.2 Å². The predicted molar refractivity (Wildman–Crippen MR) is 94.0 cm³/mol. The highest BCUT2D eigenvalue weighted by Gasteiger charge is 2.42. The number of benzene rings is 2. The van der Waals surface area contributed by atoms with Crippen LogP contribution < -0.4 is 13.9 Å². The van der Waals surface area contributed by atoms with Crippen LogP contribution in [0, 0.1) is 0 Å². The minimum atomic E-state index is -3.56. The highest BCUT2D eigenvalue weighted by atomic mass is 32.2. The SMILES string of the molecule is CNCC[C@@H](c1ccccc1)N1c2ccccc2N(C)S1(=O)=O. The molecule has 1 N–H and O–H groups in total. The molecule has 1 heterocycles. The van der Waals surface area contributed by atoms with Crippen LogP contribution in [0.1, 0.15) is 18.0 Å². The summed E-state index contributed by atoms with van der Waals surface area (Å²) < 4.78 is 28.8. The van der Waals surface area contributed by atoms with Crippen LogP contribution in [0.5, 0.6) is 0 Å². The molecule has 5 nitrogen and oxygen atoms in total. The van der Waals surface area contributed by atoms with Crippen LogP contribution in [0.3, 0.4) is 0 Å². The molecule has 0 fully saturated rings. The number of anilines is 2. The largest absolute Gasteiger partial charge is 0.326 e. The molecule has 0 bridgehead atoms. The number of hydrogen-bond acceptors (Lipinski definition) is 3. The van der Waals surface area contributed by atoms with E-state index in [-0.39, 0.29) is 6.04 Å². The highest BCUT2D eigenvalue weighted by Crippen LogP contribution is 2.45. The van der Waals surface area contributed by atoms with Crippen molar-refractivity contribution in [1.82, 2.24) is 5.32 Å². The van der Waals surface area contributed by atoms with E-state index in [0.717, 1.165) is 23.5 Å². The first-order valence-corrected chi connectivity index (χ1v) is 9.04. The van der Waals surface area contributed by atoms with Gasteiger partial charge in [-0.25, -0.2) is 4.31 Å². The zero-order valence-electron chi connectivity index (χ0n) is 13.3. The van der Waals surface area contributed by atoms with Crippen molar-refractivity contribution in [1.29, 1.82) is 0 Å². The van der Waals surface area contributed by atoms with Gasteiger partial charge in [0.25, 0.3) is 0 Å². The number of para-hydroxylation sites is 2. The number of nitrogens with one attached hydrogen (secondary N) is 1. The lowest BCUT2D eigenvalue weighted by molar-refractivity contribution is 0.564. The average Bonchev–Trinajstić information content (AvgIpc) is 2.77. The molecule has 1 aliphatic heterocycles. The topological polar surface area (TPSA) is 52.6 Å². The summed E-state index contributed by atoms with van der Waals surface area (Å²) in [5.41, 5.74) is 2.45. The first-order valence-electron chi connectivity index (χ1n) is 7.64. The van der Waals surface area contributed by atoms with Crippen molar-refractivity contribution in [2.45, 2.75) is 12.5 Å². The number of rotatable bonds is 5. The zero-order chi connectivity index (χ0) is 16.4. The van der Waals surface area contributed by atoms with Crippen molar-refractivity contribution in [3.63, 3.8) is 0 Å². The fraction of sp³-hybridized carbons (Fsp3) is 0.294. The average molecular weight is 331 g/mol. The van der Waals surface area contributed by atoms with Crippen molar-refractivity contribution < 1.29 is 8.42 Å². The molecule has 1 aliphatic rings. The summed E-state index contributed by atoms with van der Waals surface area (Å²) in [6.45, 7) is 0.734. The first kappa shape index (κ1) is 15.8. The van der Waals surface area contributed by atoms with Gasteiger partial charge in [0.05, 0.1) is 17.4 Å². The minimum Gasteiger partial charge on any atom is -0.320 e. The summed E-state index contributed by atoms with van der Waals surface area (Å²) in [5, 5.41) is 3.12. The molecule has 2 aromatic carbocycles. The maximum absolute atomic E-state index is 13.0. The molecule has 0 aromatic heterocycles. The smallest absolute Gasteiger partial charge is 0.320 e. The van der Waals surface area contributed by atoms with Crippen LogP contribution in [0.15, 0.2) is 54.6 Å². The highest BCUT2D eigenvalue weighted by molar-refractivity contribution is 7.94. The molecule has 6 heteroatoms. The lowest BCUT2D eigenvalue weighted by Gasteiger charge is -2.29. The third-order valence-electron chi connectivity index (χ3n) is 4.19. The third-order valence-corrected chi connectivity index (χ3v) is 6.03. The van der Waals surface area contributed by atoms with Crippen LogP contribution >= 0.6 is 0 Å². The Labute approximate surface area is 137 Å². The molecule has 1 atom stereocenters. The molecular weight excluding hydrogens is 310 g/mol. The molecule has 0 radical (unpaired) electrons. The van der Waals surface area contributed by atoms with E-state index in [1.165, 1.54) is 4.31 Å². The van der Waals surface area contributed by atoms with E-state index >= 15 is 0 Å². The molecule has 0 saturated carbocycles. The normalized spacial score (nSPS) is 17.1. The van der Waals surface area contributed by atoms with Crippen molar-refractivity contribution >= 4 is 21.6 Å². The molecule has 0 spiro atoms. The van der Waals surface area contributed by atoms with Gasteiger partial charge in [0.15, 0.2) is 0 Å². The summed E-state index contributed by atoms with van der Waals surface area (Å²) in [5.74, 6) is 0. The molecule has 0 aliphatic carbocycles. The molecule has 0 saturated heterocycles. The van der Waals surface area contributed by atoms with Gasteiger partial charge in [-0.2, -0.15) is 8.42 Å². The van der Waals surface area contributed by atoms with Gasteiger partial charge in [-0.1, -0.05) is 42.5 Å². The number of hydrogen-bond donors (Lipinski definition) is 1. The Kier molecular flexibility index (Phi) is 4.28.